The number of aromatic nitrogens is 1. The molecule has 0 saturated heterocycles. The van der Waals surface area contributed by atoms with Crippen LogP contribution in [0.25, 0.3) is 0 Å². The molecule has 6 heteroatoms. The molecule has 5 nitrogen and oxygen atoms in total. The minimum absolute atomic E-state index is 0.218. The molecule has 0 radical (unpaired) electrons. The Morgan fingerprint density at radius 1 is 1.65 bits per heavy atom. The van der Waals surface area contributed by atoms with Crippen LogP contribution in [0.1, 0.15) is 36.3 Å². The van der Waals surface area contributed by atoms with Gasteiger partial charge in [-0.25, -0.2) is 4.98 Å². The summed E-state index contributed by atoms with van der Waals surface area (Å²) < 4.78 is 5.21. The van der Waals surface area contributed by atoms with Crippen molar-refractivity contribution in [1.29, 1.82) is 0 Å². The van der Waals surface area contributed by atoms with Crippen molar-refractivity contribution < 1.29 is 9.21 Å². The van der Waals surface area contributed by atoms with E-state index in [0.29, 0.717) is 12.4 Å². The highest BCUT2D eigenvalue weighted by Gasteiger charge is 2.18. The molecule has 0 fully saturated rings. The molecule has 0 aliphatic carbocycles. The molecule has 3 N–H and O–H groups in total. The number of hydrogen-bond acceptors (Lipinski definition) is 5. The fourth-order valence-electron chi connectivity index (χ4n) is 1.19. The number of nitrogens with zero attached hydrogens (tertiary/aromatic N) is 1. The summed E-state index contributed by atoms with van der Waals surface area (Å²) in [5, 5.41) is 2.76. The second-order valence-electron chi connectivity index (χ2n) is 4.09. The molecule has 1 rings (SSSR count). The summed E-state index contributed by atoms with van der Waals surface area (Å²) in [7, 11) is 0. The number of hydrogen-bond donors (Lipinski definition) is 2. The van der Waals surface area contributed by atoms with Crippen molar-refractivity contribution >= 4 is 17.7 Å². The van der Waals surface area contributed by atoms with Crippen molar-refractivity contribution in [3.63, 3.8) is 0 Å². The van der Waals surface area contributed by atoms with Gasteiger partial charge in [0.2, 0.25) is 5.89 Å². The number of nitrogens with one attached hydrogen (secondary N) is 1. The quantitative estimate of drug-likeness (QED) is 0.753. The average molecular weight is 257 g/mol. The number of oxazole rings is 1. The van der Waals surface area contributed by atoms with Gasteiger partial charge in [-0.05, 0) is 12.2 Å². The molecule has 1 amide bonds. The van der Waals surface area contributed by atoms with E-state index < -0.39 is 0 Å². The summed E-state index contributed by atoms with van der Waals surface area (Å²) in [6.45, 7) is 4.58. The van der Waals surface area contributed by atoms with Gasteiger partial charge in [-0.1, -0.05) is 13.8 Å². The van der Waals surface area contributed by atoms with E-state index in [1.165, 1.54) is 6.26 Å². The van der Waals surface area contributed by atoms with Crippen LogP contribution in [0, 0.1) is 5.92 Å². The van der Waals surface area contributed by atoms with Crippen LogP contribution >= 0.6 is 11.8 Å². The van der Waals surface area contributed by atoms with Crippen molar-refractivity contribution in [2.75, 3.05) is 18.6 Å². The lowest BCUT2D eigenvalue weighted by Crippen LogP contribution is -2.26. The maximum absolute atomic E-state index is 11.6. The number of carbonyl (C=O) groups excluding carboxylic acids is 1. The highest BCUT2D eigenvalue weighted by Crippen LogP contribution is 2.17. The number of carbonyl (C=O) groups is 1. The molecule has 1 heterocycles. The van der Waals surface area contributed by atoms with Crippen molar-refractivity contribution in [2.45, 2.75) is 19.9 Å². The van der Waals surface area contributed by atoms with E-state index in [1.807, 2.05) is 20.1 Å². The molecule has 1 aromatic rings. The molecular weight excluding hydrogens is 238 g/mol. The van der Waals surface area contributed by atoms with Gasteiger partial charge >= 0.3 is 0 Å². The molecular formula is C11H19N3O2S. The topological polar surface area (TPSA) is 81.2 Å². The van der Waals surface area contributed by atoms with Crippen molar-refractivity contribution in [3.8, 4) is 0 Å². The Morgan fingerprint density at radius 3 is 2.94 bits per heavy atom. The molecule has 1 unspecified atom stereocenters. The van der Waals surface area contributed by atoms with E-state index in [4.69, 9.17) is 10.2 Å². The summed E-state index contributed by atoms with van der Waals surface area (Å²) in [6, 6.07) is -0.275. The highest BCUT2D eigenvalue weighted by atomic mass is 32.2. The first-order valence-corrected chi connectivity index (χ1v) is 6.93. The fraction of sp³-hybridized carbons (Fsp3) is 0.636. The Labute approximate surface area is 106 Å². The number of rotatable bonds is 6. The lowest BCUT2D eigenvalue weighted by Gasteiger charge is -2.10. The fourth-order valence-corrected chi connectivity index (χ4v) is 1.49. The van der Waals surface area contributed by atoms with Crippen LogP contribution in [0.15, 0.2) is 10.7 Å². The third kappa shape index (κ3) is 4.05. The Balaban J connectivity index is 2.58. The van der Waals surface area contributed by atoms with Gasteiger partial charge in [0, 0.05) is 12.3 Å². The third-order valence-electron chi connectivity index (χ3n) is 2.35. The summed E-state index contributed by atoms with van der Waals surface area (Å²) >= 11 is 1.67. The molecule has 17 heavy (non-hydrogen) atoms. The summed E-state index contributed by atoms with van der Waals surface area (Å²) in [5.41, 5.74) is 6.17. The monoisotopic (exact) mass is 257 g/mol. The lowest BCUT2D eigenvalue weighted by atomic mass is 10.1. The van der Waals surface area contributed by atoms with Crippen LogP contribution in [-0.4, -0.2) is 29.4 Å². The van der Waals surface area contributed by atoms with Gasteiger partial charge in [-0.2, -0.15) is 11.8 Å². The first kappa shape index (κ1) is 14.1. The van der Waals surface area contributed by atoms with Crippen LogP contribution in [0.3, 0.4) is 0 Å². The normalized spacial score (nSPS) is 12.8. The van der Waals surface area contributed by atoms with Gasteiger partial charge in [0.1, 0.15) is 6.26 Å². The van der Waals surface area contributed by atoms with Crippen molar-refractivity contribution in [3.05, 3.63) is 17.8 Å². The lowest BCUT2D eigenvalue weighted by molar-refractivity contribution is 0.0951. The molecule has 0 spiro atoms. The minimum Gasteiger partial charge on any atom is -0.446 e. The molecule has 0 aliphatic rings. The first-order valence-electron chi connectivity index (χ1n) is 5.54. The zero-order valence-electron chi connectivity index (χ0n) is 10.4. The van der Waals surface area contributed by atoms with Crippen molar-refractivity contribution in [1.82, 2.24) is 10.3 Å². The standard InChI is InChI=1S/C11H19N3O2S/c1-7(2)9(12)11-14-8(6-16-11)10(15)13-4-5-17-3/h6-7,9H,4-5,12H2,1-3H3,(H,13,15). The van der Waals surface area contributed by atoms with Gasteiger partial charge < -0.3 is 15.5 Å². The van der Waals surface area contributed by atoms with Crippen LogP contribution in [-0.2, 0) is 0 Å². The second kappa shape index (κ2) is 6.66. The van der Waals surface area contributed by atoms with E-state index in [9.17, 15) is 4.79 Å². The molecule has 0 saturated carbocycles. The van der Waals surface area contributed by atoms with Gasteiger partial charge in [-0.3, -0.25) is 4.79 Å². The van der Waals surface area contributed by atoms with Crippen molar-refractivity contribution in [2.24, 2.45) is 11.7 Å². The van der Waals surface area contributed by atoms with Crippen LogP contribution < -0.4 is 11.1 Å². The molecule has 0 bridgehead atoms. The van der Waals surface area contributed by atoms with Gasteiger partial charge in [0.05, 0.1) is 6.04 Å². The second-order valence-corrected chi connectivity index (χ2v) is 5.08. The average Bonchev–Trinajstić information content (AvgIpc) is 2.77. The number of thioether (sulfide) groups is 1. The Hall–Kier alpha value is -1.01. The summed E-state index contributed by atoms with van der Waals surface area (Å²) in [6.07, 6.45) is 3.34. The maximum atomic E-state index is 11.6. The van der Waals surface area contributed by atoms with E-state index >= 15 is 0 Å². The molecule has 0 aromatic carbocycles. The van der Waals surface area contributed by atoms with Gasteiger partial charge in [-0.15, -0.1) is 0 Å². The van der Waals surface area contributed by atoms with Gasteiger partial charge in [0.25, 0.3) is 5.91 Å². The molecule has 1 aromatic heterocycles. The van der Waals surface area contributed by atoms with E-state index in [1.54, 1.807) is 11.8 Å². The molecule has 96 valence electrons. The summed E-state index contributed by atoms with van der Waals surface area (Å²) in [5.74, 6) is 1.29. The van der Waals surface area contributed by atoms with Crippen LogP contribution in [0.4, 0.5) is 0 Å². The number of amides is 1. The first-order chi connectivity index (χ1) is 8.06. The predicted octanol–water partition coefficient (Wildman–Crippen LogP) is 1.42. The number of nitrogens with two attached hydrogens (primary N) is 1. The van der Waals surface area contributed by atoms with Crippen LogP contribution in [0.2, 0.25) is 0 Å². The largest absolute Gasteiger partial charge is 0.446 e. The zero-order chi connectivity index (χ0) is 12.8. The highest BCUT2D eigenvalue weighted by molar-refractivity contribution is 7.98. The molecule has 0 aliphatic heterocycles. The Kier molecular flexibility index (Phi) is 5.50. The third-order valence-corrected chi connectivity index (χ3v) is 2.96. The van der Waals surface area contributed by atoms with E-state index in [0.717, 1.165) is 5.75 Å². The minimum atomic E-state index is -0.275. The Bertz CT molecular complexity index is 365. The van der Waals surface area contributed by atoms with E-state index in [2.05, 4.69) is 10.3 Å². The maximum Gasteiger partial charge on any atom is 0.273 e. The van der Waals surface area contributed by atoms with Crippen LogP contribution in [0.5, 0.6) is 0 Å². The Morgan fingerprint density at radius 2 is 2.35 bits per heavy atom. The predicted molar refractivity (Wildman–Crippen MR) is 69.0 cm³/mol. The van der Waals surface area contributed by atoms with Gasteiger partial charge in [0.15, 0.2) is 5.69 Å². The summed E-state index contributed by atoms with van der Waals surface area (Å²) in [4.78, 5) is 15.7. The smallest absolute Gasteiger partial charge is 0.273 e. The molecule has 1 atom stereocenters. The zero-order valence-corrected chi connectivity index (χ0v) is 11.2. The SMILES string of the molecule is CSCCNC(=O)c1coc(C(N)C(C)C)n1. The van der Waals surface area contributed by atoms with E-state index in [-0.39, 0.29) is 23.6 Å².